The van der Waals surface area contributed by atoms with Crippen molar-refractivity contribution in [3.8, 4) is 5.75 Å². The molecule has 0 N–H and O–H groups in total. The van der Waals surface area contributed by atoms with Gasteiger partial charge in [0.05, 0.1) is 19.8 Å². The van der Waals surface area contributed by atoms with Crippen LogP contribution in [0.15, 0.2) is 22.7 Å². The predicted octanol–water partition coefficient (Wildman–Crippen LogP) is 2.24. The summed E-state index contributed by atoms with van der Waals surface area (Å²) in [4.78, 5) is 25.9. The van der Waals surface area contributed by atoms with Gasteiger partial charge in [-0.1, -0.05) is 15.9 Å². The van der Waals surface area contributed by atoms with Gasteiger partial charge in [-0.2, -0.15) is 0 Å². The lowest BCUT2D eigenvalue weighted by atomic mass is 10.1. The van der Waals surface area contributed by atoms with Crippen LogP contribution in [-0.4, -0.2) is 43.6 Å². The predicted molar refractivity (Wildman–Crippen MR) is 76.8 cm³/mol. The van der Waals surface area contributed by atoms with Crippen molar-refractivity contribution in [1.82, 2.24) is 4.90 Å². The average Bonchev–Trinajstić information content (AvgIpc) is 2.94. The number of amides is 1. The van der Waals surface area contributed by atoms with Crippen LogP contribution in [0.1, 0.15) is 23.2 Å². The fourth-order valence-electron chi connectivity index (χ4n) is 2.39. The van der Waals surface area contributed by atoms with Crippen molar-refractivity contribution < 1.29 is 19.1 Å². The Morgan fingerprint density at radius 2 is 2.10 bits per heavy atom. The minimum absolute atomic E-state index is 0.206. The molecule has 1 saturated heterocycles. The van der Waals surface area contributed by atoms with Gasteiger partial charge in [0, 0.05) is 11.0 Å². The Kier molecular flexibility index (Phi) is 4.65. The number of halogens is 1. The van der Waals surface area contributed by atoms with Gasteiger partial charge in [-0.25, -0.2) is 4.79 Å². The SMILES string of the molecule is COC(=O)C1CCCN1C(=O)c1ccc(Br)cc1OC. The summed E-state index contributed by atoms with van der Waals surface area (Å²) in [6.45, 7) is 0.553. The molecular weight excluding hydrogens is 326 g/mol. The van der Waals surface area contributed by atoms with Crippen LogP contribution >= 0.6 is 15.9 Å². The number of carbonyl (C=O) groups excluding carboxylic acids is 2. The van der Waals surface area contributed by atoms with E-state index in [-0.39, 0.29) is 11.9 Å². The van der Waals surface area contributed by atoms with Crippen molar-refractivity contribution >= 4 is 27.8 Å². The van der Waals surface area contributed by atoms with E-state index in [9.17, 15) is 9.59 Å². The van der Waals surface area contributed by atoms with Crippen LogP contribution in [-0.2, 0) is 9.53 Å². The molecule has 6 heteroatoms. The summed E-state index contributed by atoms with van der Waals surface area (Å²) in [6.07, 6.45) is 1.43. The molecule has 0 bridgehead atoms. The van der Waals surface area contributed by atoms with Gasteiger partial charge in [-0.3, -0.25) is 4.79 Å². The number of benzene rings is 1. The molecule has 0 aliphatic carbocycles. The summed E-state index contributed by atoms with van der Waals surface area (Å²) in [6, 6.07) is 4.70. The van der Waals surface area contributed by atoms with Crippen LogP contribution in [0.4, 0.5) is 0 Å². The van der Waals surface area contributed by atoms with E-state index in [2.05, 4.69) is 15.9 Å². The number of likely N-dealkylation sites (tertiary alicyclic amines) is 1. The highest BCUT2D eigenvalue weighted by Gasteiger charge is 2.36. The first-order valence-electron chi connectivity index (χ1n) is 6.30. The van der Waals surface area contributed by atoms with Gasteiger partial charge in [0.15, 0.2) is 0 Å². The Morgan fingerprint density at radius 3 is 2.75 bits per heavy atom. The van der Waals surface area contributed by atoms with E-state index in [4.69, 9.17) is 9.47 Å². The van der Waals surface area contributed by atoms with E-state index in [1.807, 2.05) is 0 Å². The third-order valence-electron chi connectivity index (χ3n) is 3.38. The van der Waals surface area contributed by atoms with Gasteiger partial charge in [0.2, 0.25) is 0 Å². The second-order valence-electron chi connectivity index (χ2n) is 4.52. The summed E-state index contributed by atoms with van der Waals surface area (Å²) in [7, 11) is 2.85. The van der Waals surface area contributed by atoms with Crippen molar-refractivity contribution in [2.45, 2.75) is 18.9 Å². The Labute approximate surface area is 126 Å². The molecule has 1 heterocycles. The fraction of sp³-hybridized carbons (Fsp3) is 0.429. The Balaban J connectivity index is 2.29. The standard InChI is InChI=1S/C14H16BrNO4/c1-19-12-8-9(15)5-6-10(12)13(17)16-7-3-4-11(16)14(18)20-2/h5-6,8,11H,3-4,7H2,1-2H3. The normalized spacial score (nSPS) is 17.9. The molecule has 0 aromatic heterocycles. The molecule has 0 radical (unpaired) electrons. The summed E-state index contributed by atoms with van der Waals surface area (Å²) in [5.74, 6) is -0.0888. The monoisotopic (exact) mass is 341 g/mol. The Bertz CT molecular complexity index is 532. The maximum atomic E-state index is 12.6. The largest absolute Gasteiger partial charge is 0.496 e. The molecule has 0 spiro atoms. The lowest BCUT2D eigenvalue weighted by Gasteiger charge is -2.23. The van der Waals surface area contributed by atoms with E-state index < -0.39 is 6.04 Å². The number of carbonyl (C=O) groups is 2. The molecule has 1 aromatic rings. The highest BCUT2D eigenvalue weighted by Crippen LogP contribution is 2.28. The van der Waals surface area contributed by atoms with E-state index >= 15 is 0 Å². The number of hydrogen-bond donors (Lipinski definition) is 0. The number of nitrogens with zero attached hydrogens (tertiary/aromatic N) is 1. The maximum Gasteiger partial charge on any atom is 0.328 e. The zero-order chi connectivity index (χ0) is 14.7. The van der Waals surface area contributed by atoms with Crippen LogP contribution in [0.2, 0.25) is 0 Å². The van der Waals surface area contributed by atoms with Gasteiger partial charge in [0.25, 0.3) is 5.91 Å². The first kappa shape index (κ1) is 14.8. The highest BCUT2D eigenvalue weighted by atomic mass is 79.9. The van der Waals surface area contributed by atoms with Crippen LogP contribution < -0.4 is 4.74 Å². The molecule has 20 heavy (non-hydrogen) atoms. The zero-order valence-electron chi connectivity index (χ0n) is 11.4. The van der Waals surface area contributed by atoms with Crippen molar-refractivity contribution in [3.63, 3.8) is 0 Å². The number of esters is 1. The third-order valence-corrected chi connectivity index (χ3v) is 3.87. The summed E-state index contributed by atoms with van der Waals surface area (Å²) >= 11 is 3.34. The molecule has 5 nitrogen and oxygen atoms in total. The fourth-order valence-corrected chi connectivity index (χ4v) is 2.73. The Morgan fingerprint density at radius 1 is 1.35 bits per heavy atom. The highest BCUT2D eigenvalue weighted by molar-refractivity contribution is 9.10. The first-order valence-corrected chi connectivity index (χ1v) is 7.10. The molecular formula is C14H16BrNO4. The topological polar surface area (TPSA) is 55.8 Å². The number of ether oxygens (including phenoxy) is 2. The molecule has 1 aromatic carbocycles. The second-order valence-corrected chi connectivity index (χ2v) is 5.44. The molecule has 108 valence electrons. The van der Waals surface area contributed by atoms with Gasteiger partial charge < -0.3 is 14.4 Å². The third kappa shape index (κ3) is 2.80. The smallest absolute Gasteiger partial charge is 0.328 e. The molecule has 2 rings (SSSR count). The molecule has 1 fully saturated rings. The molecule has 1 amide bonds. The van der Waals surface area contributed by atoms with E-state index in [0.29, 0.717) is 24.3 Å². The van der Waals surface area contributed by atoms with Gasteiger partial charge in [-0.05, 0) is 31.0 Å². The summed E-state index contributed by atoms with van der Waals surface area (Å²) in [5, 5.41) is 0. The molecule has 1 aliphatic heterocycles. The van der Waals surface area contributed by atoms with E-state index in [0.717, 1.165) is 10.9 Å². The van der Waals surface area contributed by atoms with Crippen LogP contribution in [0, 0.1) is 0 Å². The quantitative estimate of drug-likeness (QED) is 0.791. The number of hydrogen-bond acceptors (Lipinski definition) is 4. The van der Waals surface area contributed by atoms with Crippen molar-refractivity contribution in [3.05, 3.63) is 28.2 Å². The molecule has 0 saturated carbocycles. The van der Waals surface area contributed by atoms with Gasteiger partial charge in [0.1, 0.15) is 11.8 Å². The minimum atomic E-state index is -0.499. The lowest BCUT2D eigenvalue weighted by Crippen LogP contribution is -2.41. The minimum Gasteiger partial charge on any atom is -0.496 e. The van der Waals surface area contributed by atoms with Crippen LogP contribution in [0.25, 0.3) is 0 Å². The van der Waals surface area contributed by atoms with Crippen molar-refractivity contribution in [1.29, 1.82) is 0 Å². The lowest BCUT2D eigenvalue weighted by molar-refractivity contribution is -0.145. The molecule has 1 atom stereocenters. The van der Waals surface area contributed by atoms with Crippen molar-refractivity contribution in [2.75, 3.05) is 20.8 Å². The van der Waals surface area contributed by atoms with Gasteiger partial charge in [-0.15, -0.1) is 0 Å². The van der Waals surface area contributed by atoms with Crippen molar-refractivity contribution in [2.24, 2.45) is 0 Å². The van der Waals surface area contributed by atoms with Crippen LogP contribution in [0.5, 0.6) is 5.75 Å². The molecule has 1 unspecified atom stereocenters. The van der Waals surface area contributed by atoms with E-state index in [1.165, 1.54) is 14.2 Å². The summed E-state index contributed by atoms with van der Waals surface area (Å²) < 4.78 is 10.8. The summed E-state index contributed by atoms with van der Waals surface area (Å²) in [5.41, 5.74) is 0.450. The zero-order valence-corrected chi connectivity index (χ0v) is 13.0. The maximum absolute atomic E-state index is 12.6. The Hall–Kier alpha value is -1.56. The average molecular weight is 342 g/mol. The van der Waals surface area contributed by atoms with Gasteiger partial charge >= 0.3 is 5.97 Å². The number of methoxy groups -OCH3 is 2. The van der Waals surface area contributed by atoms with Crippen LogP contribution in [0.3, 0.4) is 0 Å². The molecule has 1 aliphatic rings. The first-order chi connectivity index (χ1) is 9.58. The van der Waals surface area contributed by atoms with E-state index in [1.54, 1.807) is 23.1 Å². The number of rotatable bonds is 3. The second kappa shape index (κ2) is 6.26.